The minimum Gasteiger partial charge on any atom is -0.352 e. The van der Waals surface area contributed by atoms with Gasteiger partial charge in [-0.2, -0.15) is 0 Å². The summed E-state index contributed by atoms with van der Waals surface area (Å²) >= 11 is 0. The molecule has 8 heteroatoms. The van der Waals surface area contributed by atoms with Gasteiger partial charge in [0.1, 0.15) is 0 Å². The molecule has 2 aliphatic rings. The fourth-order valence-corrected chi connectivity index (χ4v) is 3.72. The first kappa shape index (κ1) is 19.5. The molecule has 1 amide bonds. The maximum atomic E-state index is 13.3. The summed E-state index contributed by atoms with van der Waals surface area (Å²) in [6.45, 7) is 4.07. The molecule has 1 atom stereocenters. The number of alkyl halides is 2. The number of aryl methyl sites for hydroxylation is 1. The Labute approximate surface area is 158 Å². The van der Waals surface area contributed by atoms with Crippen molar-refractivity contribution in [3.8, 4) is 0 Å². The van der Waals surface area contributed by atoms with Gasteiger partial charge in [0, 0.05) is 30.9 Å². The topological polar surface area (TPSA) is 71.3 Å². The molecule has 3 rings (SSSR count). The van der Waals surface area contributed by atoms with Crippen molar-refractivity contribution in [2.24, 2.45) is 23.9 Å². The molecule has 1 aromatic heterocycles. The van der Waals surface area contributed by atoms with E-state index in [9.17, 15) is 13.6 Å². The van der Waals surface area contributed by atoms with Gasteiger partial charge in [0.05, 0.1) is 18.2 Å². The summed E-state index contributed by atoms with van der Waals surface area (Å²) in [5.41, 5.74) is 0.227. The number of imidazole rings is 1. The first-order chi connectivity index (χ1) is 12.8. The molecular formula is C19H27F2N5O. The van der Waals surface area contributed by atoms with E-state index in [1.807, 2.05) is 27.0 Å². The maximum absolute atomic E-state index is 13.3. The van der Waals surface area contributed by atoms with Gasteiger partial charge in [-0.1, -0.05) is 13.8 Å². The van der Waals surface area contributed by atoms with Gasteiger partial charge in [-0.05, 0) is 37.7 Å². The minimum atomic E-state index is -2.29. The minimum absolute atomic E-state index is 0.122. The molecule has 6 nitrogen and oxygen atoms in total. The van der Waals surface area contributed by atoms with E-state index in [2.05, 4.69) is 20.6 Å². The third-order valence-corrected chi connectivity index (χ3v) is 5.45. The number of hydrogen-bond donors (Lipinski definition) is 2. The summed E-state index contributed by atoms with van der Waals surface area (Å²) in [6.07, 6.45) is 6.43. The average molecular weight is 379 g/mol. The molecule has 1 aliphatic heterocycles. The van der Waals surface area contributed by atoms with Gasteiger partial charge in [0.15, 0.2) is 0 Å². The SMILES string of the molecule is CC(C)C1=CC=NC(C(=O)NC2CCC(C(F)F)CC2)(c2cncn2C)N1. The number of nitrogens with zero attached hydrogens (tertiary/aromatic N) is 3. The second-order valence-corrected chi connectivity index (χ2v) is 7.70. The van der Waals surface area contributed by atoms with E-state index < -0.39 is 18.0 Å². The number of allylic oxidation sites excluding steroid dienone is 2. The highest BCUT2D eigenvalue weighted by atomic mass is 19.3. The summed E-state index contributed by atoms with van der Waals surface area (Å²) in [4.78, 5) is 22.0. The molecule has 27 heavy (non-hydrogen) atoms. The molecule has 0 aromatic carbocycles. The van der Waals surface area contributed by atoms with Crippen LogP contribution < -0.4 is 10.6 Å². The lowest BCUT2D eigenvalue weighted by atomic mass is 9.86. The number of hydrogen-bond acceptors (Lipinski definition) is 4. The van der Waals surface area contributed by atoms with Crippen LogP contribution in [0.2, 0.25) is 0 Å². The van der Waals surface area contributed by atoms with Crippen LogP contribution in [0.5, 0.6) is 0 Å². The normalized spacial score (nSPS) is 28.2. The summed E-state index contributed by atoms with van der Waals surface area (Å²) in [6, 6.07) is -0.122. The fraction of sp³-hybridized carbons (Fsp3) is 0.632. The number of carbonyl (C=O) groups excluding carboxylic acids is 1. The van der Waals surface area contributed by atoms with Gasteiger partial charge in [-0.3, -0.25) is 4.79 Å². The molecule has 0 saturated heterocycles. The highest BCUT2D eigenvalue weighted by Crippen LogP contribution is 2.32. The van der Waals surface area contributed by atoms with Crippen molar-refractivity contribution in [3.63, 3.8) is 0 Å². The fourth-order valence-electron chi connectivity index (χ4n) is 3.72. The number of amides is 1. The molecule has 1 saturated carbocycles. The van der Waals surface area contributed by atoms with Crippen molar-refractivity contribution in [1.29, 1.82) is 0 Å². The zero-order chi connectivity index (χ0) is 19.6. The van der Waals surface area contributed by atoms with Crippen LogP contribution in [0.3, 0.4) is 0 Å². The quantitative estimate of drug-likeness (QED) is 0.826. The Balaban J connectivity index is 1.81. The smallest absolute Gasteiger partial charge is 0.275 e. The molecule has 0 radical (unpaired) electrons. The van der Waals surface area contributed by atoms with Gasteiger partial charge in [0.2, 0.25) is 6.43 Å². The number of aromatic nitrogens is 2. The van der Waals surface area contributed by atoms with E-state index in [1.54, 1.807) is 23.3 Å². The van der Waals surface area contributed by atoms with E-state index in [4.69, 9.17) is 0 Å². The highest BCUT2D eigenvalue weighted by molar-refractivity contribution is 5.91. The van der Waals surface area contributed by atoms with Gasteiger partial charge in [0.25, 0.3) is 11.6 Å². The Morgan fingerprint density at radius 3 is 2.59 bits per heavy atom. The molecular weight excluding hydrogens is 352 g/mol. The second-order valence-electron chi connectivity index (χ2n) is 7.70. The lowest BCUT2D eigenvalue weighted by Crippen LogP contribution is -2.57. The van der Waals surface area contributed by atoms with Crippen molar-refractivity contribution < 1.29 is 13.6 Å². The van der Waals surface area contributed by atoms with Gasteiger partial charge in [-0.25, -0.2) is 18.8 Å². The average Bonchev–Trinajstić information content (AvgIpc) is 3.08. The molecule has 1 aromatic rings. The third-order valence-electron chi connectivity index (χ3n) is 5.45. The van der Waals surface area contributed by atoms with Crippen molar-refractivity contribution in [1.82, 2.24) is 20.2 Å². The Morgan fingerprint density at radius 1 is 1.33 bits per heavy atom. The summed E-state index contributed by atoms with van der Waals surface area (Å²) in [5.74, 6) is -0.654. The van der Waals surface area contributed by atoms with Crippen LogP contribution in [0.1, 0.15) is 45.2 Å². The van der Waals surface area contributed by atoms with Crippen LogP contribution in [-0.2, 0) is 17.5 Å². The molecule has 148 valence electrons. The van der Waals surface area contributed by atoms with E-state index in [1.165, 1.54) is 0 Å². The lowest BCUT2D eigenvalue weighted by Gasteiger charge is -2.37. The van der Waals surface area contributed by atoms with Gasteiger partial charge in [-0.15, -0.1) is 0 Å². The van der Waals surface area contributed by atoms with Crippen molar-refractivity contribution in [2.45, 2.75) is 57.7 Å². The molecule has 0 spiro atoms. The molecule has 0 bridgehead atoms. The highest BCUT2D eigenvalue weighted by Gasteiger charge is 2.45. The largest absolute Gasteiger partial charge is 0.352 e. The Hall–Kier alpha value is -2.25. The molecule has 1 fully saturated rings. The summed E-state index contributed by atoms with van der Waals surface area (Å²) < 4.78 is 27.5. The van der Waals surface area contributed by atoms with Crippen LogP contribution in [-0.4, -0.2) is 34.1 Å². The number of rotatable bonds is 5. The molecule has 1 unspecified atom stereocenters. The standard InChI is InChI=1S/C19H27F2N5O/c1-12(2)15-8-9-23-19(25-15,16-10-22-11-26(16)3)18(27)24-14-6-4-13(5-7-14)17(20)21/h8-14,17,25H,4-7H2,1-3H3,(H,24,27). The lowest BCUT2D eigenvalue weighted by molar-refractivity contribution is -0.129. The predicted molar refractivity (Wildman–Crippen MR) is 99.3 cm³/mol. The van der Waals surface area contributed by atoms with Crippen LogP contribution in [0.15, 0.2) is 29.3 Å². The Kier molecular flexibility index (Phi) is 5.62. The third kappa shape index (κ3) is 3.89. The first-order valence-corrected chi connectivity index (χ1v) is 9.43. The van der Waals surface area contributed by atoms with E-state index >= 15 is 0 Å². The van der Waals surface area contributed by atoms with Crippen LogP contribution in [0.4, 0.5) is 8.78 Å². The van der Waals surface area contributed by atoms with Gasteiger partial charge >= 0.3 is 0 Å². The summed E-state index contributed by atoms with van der Waals surface area (Å²) in [5, 5.41) is 6.33. The van der Waals surface area contributed by atoms with Crippen molar-refractivity contribution >= 4 is 12.1 Å². The number of nitrogens with one attached hydrogen (secondary N) is 2. The van der Waals surface area contributed by atoms with Crippen LogP contribution in [0.25, 0.3) is 0 Å². The number of carbonyl (C=O) groups is 1. The van der Waals surface area contributed by atoms with Gasteiger partial charge < -0.3 is 15.2 Å². The summed E-state index contributed by atoms with van der Waals surface area (Å²) in [7, 11) is 1.82. The van der Waals surface area contributed by atoms with Crippen LogP contribution >= 0.6 is 0 Å². The van der Waals surface area contributed by atoms with Crippen molar-refractivity contribution in [3.05, 3.63) is 30.0 Å². The van der Waals surface area contributed by atoms with E-state index in [0.29, 0.717) is 31.4 Å². The number of aliphatic imine (C=N–C) groups is 1. The Morgan fingerprint density at radius 2 is 2.04 bits per heavy atom. The monoisotopic (exact) mass is 379 g/mol. The second kappa shape index (κ2) is 7.78. The first-order valence-electron chi connectivity index (χ1n) is 9.43. The molecule has 1 aliphatic carbocycles. The molecule has 2 N–H and O–H groups in total. The van der Waals surface area contributed by atoms with Crippen molar-refractivity contribution in [2.75, 3.05) is 0 Å². The Bertz CT molecular complexity index is 734. The number of halogens is 2. The zero-order valence-electron chi connectivity index (χ0n) is 16.0. The maximum Gasteiger partial charge on any atom is 0.275 e. The van der Waals surface area contributed by atoms with E-state index in [-0.39, 0.29) is 17.9 Å². The predicted octanol–water partition coefficient (Wildman–Crippen LogP) is 2.73. The van der Waals surface area contributed by atoms with Crippen LogP contribution in [0, 0.1) is 11.8 Å². The van der Waals surface area contributed by atoms with E-state index in [0.717, 1.165) is 5.70 Å². The zero-order valence-corrected chi connectivity index (χ0v) is 16.0. The molecule has 2 heterocycles.